The zero-order valence-corrected chi connectivity index (χ0v) is 9.24. The third kappa shape index (κ3) is 4.21. The smallest absolute Gasteiger partial charge is 0.0573 e. The Morgan fingerprint density at radius 3 is 2.80 bits per heavy atom. The Morgan fingerprint density at radius 2 is 2.13 bits per heavy atom. The Kier molecular flexibility index (Phi) is 4.98. The van der Waals surface area contributed by atoms with Crippen LogP contribution in [0.3, 0.4) is 0 Å². The van der Waals surface area contributed by atoms with Crippen molar-refractivity contribution in [1.82, 2.24) is 0 Å². The average Bonchev–Trinajstić information content (AvgIpc) is 2.26. The predicted octanol–water partition coefficient (Wildman–Crippen LogP) is 2.09. The molecule has 0 aliphatic rings. The summed E-state index contributed by atoms with van der Waals surface area (Å²) >= 11 is 0. The number of nitrogens with one attached hydrogen (secondary N) is 1. The van der Waals surface area contributed by atoms with Crippen molar-refractivity contribution in [2.24, 2.45) is 5.92 Å². The number of hydrogen-bond acceptors (Lipinski definition) is 3. The van der Waals surface area contributed by atoms with Crippen LogP contribution in [-0.2, 0) is 0 Å². The summed E-state index contributed by atoms with van der Waals surface area (Å²) in [6.45, 7) is 3.23. The van der Waals surface area contributed by atoms with E-state index in [1.807, 2.05) is 24.3 Å². The first-order valence-corrected chi connectivity index (χ1v) is 5.43. The fourth-order valence-corrected chi connectivity index (χ4v) is 1.42. The van der Waals surface area contributed by atoms with Crippen LogP contribution in [0, 0.1) is 5.92 Å². The van der Waals surface area contributed by atoms with Gasteiger partial charge in [-0.25, -0.2) is 0 Å². The van der Waals surface area contributed by atoms with E-state index in [0.29, 0.717) is 5.92 Å². The van der Waals surface area contributed by atoms with Gasteiger partial charge in [-0.15, -0.1) is 0 Å². The lowest BCUT2D eigenvalue weighted by Gasteiger charge is -2.10. The van der Waals surface area contributed by atoms with E-state index in [4.69, 9.17) is 10.8 Å². The number of para-hydroxylation sites is 2. The van der Waals surface area contributed by atoms with Crippen LogP contribution in [0.15, 0.2) is 24.3 Å². The molecule has 0 heterocycles. The molecule has 1 atom stereocenters. The number of aliphatic hydroxyl groups is 1. The Morgan fingerprint density at radius 1 is 1.40 bits per heavy atom. The number of aliphatic hydroxyl groups excluding tert-OH is 1. The van der Waals surface area contributed by atoms with Crippen LogP contribution in [0.1, 0.15) is 19.8 Å². The standard InChI is InChI=1S/C12H20N2O/c1-10(9-15)5-4-8-14-12-7-3-2-6-11(12)13/h2-3,6-7,10,14-15H,4-5,8-9,13H2,1H3. The fraction of sp³-hybridized carbons (Fsp3) is 0.500. The molecule has 0 saturated carbocycles. The van der Waals surface area contributed by atoms with Gasteiger partial charge in [-0.3, -0.25) is 0 Å². The zero-order valence-electron chi connectivity index (χ0n) is 9.24. The molecule has 0 spiro atoms. The van der Waals surface area contributed by atoms with Crippen molar-refractivity contribution in [3.8, 4) is 0 Å². The molecule has 1 unspecified atom stereocenters. The van der Waals surface area contributed by atoms with E-state index in [0.717, 1.165) is 30.8 Å². The topological polar surface area (TPSA) is 58.3 Å². The second-order valence-electron chi connectivity index (χ2n) is 3.94. The Balaban J connectivity index is 2.23. The second-order valence-corrected chi connectivity index (χ2v) is 3.94. The summed E-state index contributed by atoms with van der Waals surface area (Å²) in [6, 6.07) is 7.76. The quantitative estimate of drug-likeness (QED) is 0.495. The van der Waals surface area contributed by atoms with Gasteiger partial charge in [0, 0.05) is 13.2 Å². The van der Waals surface area contributed by atoms with Crippen LogP contribution in [0.4, 0.5) is 11.4 Å². The van der Waals surface area contributed by atoms with Crippen LogP contribution in [-0.4, -0.2) is 18.3 Å². The molecule has 15 heavy (non-hydrogen) atoms. The van der Waals surface area contributed by atoms with Gasteiger partial charge in [-0.2, -0.15) is 0 Å². The maximum absolute atomic E-state index is 8.85. The van der Waals surface area contributed by atoms with Gasteiger partial charge < -0.3 is 16.2 Å². The van der Waals surface area contributed by atoms with E-state index in [1.54, 1.807) is 0 Å². The van der Waals surface area contributed by atoms with E-state index in [9.17, 15) is 0 Å². The molecule has 4 N–H and O–H groups in total. The molecule has 1 aromatic rings. The largest absolute Gasteiger partial charge is 0.397 e. The third-order valence-electron chi connectivity index (χ3n) is 2.46. The molecular formula is C12H20N2O. The van der Waals surface area contributed by atoms with Crippen LogP contribution in [0.25, 0.3) is 0 Å². The summed E-state index contributed by atoms with van der Waals surface area (Å²) < 4.78 is 0. The predicted molar refractivity (Wildman–Crippen MR) is 64.8 cm³/mol. The van der Waals surface area contributed by atoms with Crippen molar-refractivity contribution in [2.75, 3.05) is 24.2 Å². The summed E-state index contributed by atoms with van der Waals surface area (Å²) in [7, 11) is 0. The molecule has 0 radical (unpaired) electrons. The maximum Gasteiger partial charge on any atom is 0.0573 e. The lowest BCUT2D eigenvalue weighted by Crippen LogP contribution is -2.07. The Labute approximate surface area is 91.3 Å². The molecule has 1 rings (SSSR count). The highest BCUT2D eigenvalue weighted by Gasteiger charge is 2.00. The van der Waals surface area contributed by atoms with Crippen LogP contribution in [0.2, 0.25) is 0 Å². The van der Waals surface area contributed by atoms with Crippen molar-refractivity contribution in [3.63, 3.8) is 0 Å². The highest BCUT2D eigenvalue weighted by molar-refractivity contribution is 5.65. The van der Waals surface area contributed by atoms with E-state index >= 15 is 0 Å². The SMILES string of the molecule is CC(CO)CCCNc1ccccc1N. The van der Waals surface area contributed by atoms with Gasteiger partial charge in [0.15, 0.2) is 0 Å². The normalized spacial score (nSPS) is 12.4. The Bertz CT molecular complexity index is 289. The highest BCUT2D eigenvalue weighted by Crippen LogP contribution is 2.16. The molecule has 0 fully saturated rings. The number of nitrogens with two attached hydrogens (primary N) is 1. The van der Waals surface area contributed by atoms with E-state index < -0.39 is 0 Å². The number of nitrogen functional groups attached to an aromatic ring is 1. The van der Waals surface area contributed by atoms with Crippen LogP contribution in [0.5, 0.6) is 0 Å². The summed E-state index contributed by atoms with van der Waals surface area (Å²) in [5, 5.41) is 12.1. The molecule has 0 bridgehead atoms. The van der Waals surface area contributed by atoms with Crippen molar-refractivity contribution < 1.29 is 5.11 Å². The summed E-state index contributed by atoms with van der Waals surface area (Å²) in [5.41, 5.74) is 7.57. The minimum absolute atomic E-state index is 0.271. The van der Waals surface area contributed by atoms with Crippen molar-refractivity contribution in [2.45, 2.75) is 19.8 Å². The summed E-state index contributed by atoms with van der Waals surface area (Å²) in [5.74, 6) is 0.389. The van der Waals surface area contributed by atoms with E-state index in [2.05, 4.69) is 12.2 Å². The molecule has 0 aliphatic heterocycles. The van der Waals surface area contributed by atoms with Gasteiger partial charge >= 0.3 is 0 Å². The van der Waals surface area contributed by atoms with Crippen molar-refractivity contribution in [1.29, 1.82) is 0 Å². The van der Waals surface area contributed by atoms with Gasteiger partial charge in [0.25, 0.3) is 0 Å². The van der Waals surface area contributed by atoms with Crippen LogP contribution >= 0.6 is 0 Å². The third-order valence-corrected chi connectivity index (χ3v) is 2.46. The first kappa shape index (κ1) is 11.9. The molecule has 3 nitrogen and oxygen atoms in total. The number of anilines is 2. The molecule has 0 amide bonds. The van der Waals surface area contributed by atoms with Gasteiger partial charge in [0.1, 0.15) is 0 Å². The first-order valence-electron chi connectivity index (χ1n) is 5.43. The molecule has 0 aromatic heterocycles. The highest BCUT2D eigenvalue weighted by atomic mass is 16.3. The molecule has 0 saturated heterocycles. The monoisotopic (exact) mass is 208 g/mol. The van der Waals surface area contributed by atoms with Gasteiger partial charge in [0.05, 0.1) is 11.4 Å². The van der Waals surface area contributed by atoms with E-state index in [-0.39, 0.29) is 6.61 Å². The average molecular weight is 208 g/mol. The molecule has 0 aliphatic carbocycles. The minimum Gasteiger partial charge on any atom is -0.397 e. The fourth-order valence-electron chi connectivity index (χ4n) is 1.42. The number of benzene rings is 1. The van der Waals surface area contributed by atoms with Gasteiger partial charge in [-0.1, -0.05) is 19.1 Å². The first-order chi connectivity index (χ1) is 7.24. The summed E-state index contributed by atoms with van der Waals surface area (Å²) in [4.78, 5) is 0. The lowest BCUT2D eigenvalue weighted by molar-refractivity contribution is 0.229. The van der Waals surface area contributed by atoms with E-state index in [1.165, 1.54) is 0 Å². The Hall–Kier alpha value is -1.22. The van der Waals surface area contributed by atoms with Crippen molar-refractivity contribution >= 4 is 11.4 Å². The maximum atomic E-state index is 8.85. The molecular weight excluding hydrogens is 188 g/mol. The number of rotatable bonds is 6. The summed E-state index contributed by atoms with van der Waals surface area (Å²) in [6.07, 6.45) is 2.09. The lowest BCUT2D eigenvalue weighted by atomic mass is 10.1. The van der Waals surface area contributed by atoms with Crippen molar-refractivity contribution in [3.05, 3.63) is 24.3 Å². The zero-order chi connectivity index (χ0) is 11.1. The van der Waals surface area contributed by atoms with Gasteiger partial charge in [-0.05, 0) is 30.9 Å². The minimum atomic E-state index is 0.271. The molecule has 84 valence electrons. The second kappa shape index (κ2) is 6.30. The van der Waals surface area contributed by atoms with Crippen LogP contribution < -0.4 is 11.1 Å². The molecule has 1 aromatic carbocycles. The molecule has 3 heteroatoms. The van der Waals surface area contributed by atoms with Gasteiger partial charge in [0.2, 0.25) is 0 Å². The number of hydrogen-bond donors (Lipinski definition) is 3.